The molecule has 25 heavy (non-hydrogen) atoms. The van der Waals surface area contributed by atoms with Gasteiger partial charge in [0.15, 0.2) is 11.5 Å². The van der Waals surface area contributed by atoms with Crippen molar-refractivity contribution in [3.63, 3.8) is 0 Å². The smallest absolute Gasteiger partial charge is 0.216 e. The van der Waals surface area contributed by atoms with Crippen LogP contribution in [0.2, 0.25) is 0 Å². The van der Waals surface area contributed by atoms with E-state index >= 15 is 0 Å². The molecule has 2 aromatic carbocycles. The largest absolute Gasteiger partial charge is 0.493 e. The van der Waals surface area contributed by atoms with Crippen LogP contribution in [0.1, 0.15) is 11.1 Å². The number of rotatable bonds is 6. The second-order valence-electron chi connectivity index (χ2n) is 5.06. The van der Waals surface area contributed by atoms with E-state index in [1.807, 2.05) is 42.5 Å². The minimum atomic E-state index is 0.421. The van der Waals surface area contributed by atoms with E-state index in [0.717, 1.165) is 15.6 Å². The Labute approximate surface area is 158 Å². The summed E-state index contributed by atoms with van der Waals surface area (Å²) in [4.78, 5) is 0. The Morgan fingerprint density at radius 2 is 2.12 bits per heavy atom. The fourth-order valence-corrected chi connectivity index (χ4v) is 2.86. The summed E-state index contributed by atoms with van der Waals surface area (Å²) >= 11 is 8.59. The lowest BCUT2D eigenvalue weighted by Crippen LogP contribution is -1.99. The molecular weight excluding hydrogens is 404 g/mol. The molecule has 0 aliphatic carbocycles. The SMILES string of the molecule is COc1cc(C=Nn2cn[nH]c2=S)cc(Br)c1OCc1ccccc1. The van der Waals surface area contributed by atoms with E-state index < -0.39 is 0 Å². The molecule has 1 N–H and O–H groups in total. The molecule has 0 unspecified atom stereocenters. The van der Waals surface area contributed by atoms with Gasteiger partial charge in [0.25, 0.3) is 0 Å². The summed E-state index contributed by atoms with van der Waals surface area (Å²) in [7, 11) is 1.60. The van der Waals surface area contributed by atoms with Gasteiger partial charge in [0.05, 0.1) is 17.8 Å². The minimum absolute atomic E-state index is 0.421. The second kappa shape index (κ2) is 8.09. The van der Waals surface area contributed by atoms with Crippen molar-refractivity contribution in [1.82, 2.24) is 14.9 Å². The predicted molar refractivity (Wildman–Crippen MR) is 102 cm³/mol. The Bertz CT molecular complexity index is 937. The van der Waals surface area contributed by atoms with Crippen LogP contribution < -0.4 is 9.47 Å². The molecule has 0 atom stereocenters. The first kappa shape index (κ1) is 17.4. The summed E-state index contributed by atoms with van der Waals surface area (Å²) in [6.45, 7) is 0.452. The molecule has 0 saturated carbocycles. The van der Waals surface area contributed by atoms with Crippen molar-refractivity contribution in [2.24, 2.45) is 5.10 Å². The van der Waals surface area contributed by atoms with Gasteiger partial charge in [-0.25, -0.2) is 0 Å². The molecule has 0 amide bonds. The quantitative estimate of drug-likeness (QED) is 0.481. The fourth-order valence-electron chi connectivity index (χ4n) is 2.14. The van der Waals surface area contributed by atoms with Gasteiger partial charge in [-0.15, -0.1) is 0 Å². The molecule has 6 nitrogen and oxygen atoms in total. The number of aromatic nitrogens is 3. The summed E-state index contributed by atoms with van der Waals surface area (Å²) in [5.41, 5.74) is 1.91. The van der Waals surface area contributed by atoms with Crippen LogP contribution in [0.25, 0.3) is 0 Å². The molecule has 8 heteroatoms. The minimum Gasteiger partial charge on any atom is -0.493 e. The summed E-state index contributed by atoms with van der Waals surface area (Å²) < 4.78 is 14.0. The molecule has 0 spiro atoms. The van der Waals surface area contributed by atoms with E-state index in [1.165, 1.54) is 11.0 Å². The van der Waals surface area contributed by atoms with Gasteiger partial charge in [-0.3, -0.25) is 5.10 Å². The van der Waals surface area contributed by atoms with Crippen LogP contribution >= 0.6 is 28.1 Å². The number of nitrogens with zero attached hydrogens (tertiary/aromatic N) is 3. The summed E-state index contributed by atoms with van der Waals surface area (Å²) in [5, 5.41) is 10.7. The highest BCUT2D eigenvalue weighted by Gasteiger charge is 2.11. The fraction of sp³-hybridized carbons (Fsp3) is 0.118. The number of aromatic amines is 1. The maximum Gasteiger partial charge on any atom is 0.216 e. The van der Waals surface area contributed by atoms with E-state index in [0.29, 0.717) is 22.9 Å². The van der Waals surface area contributed by atoms with Gasteiger partial charge in [0.2, 0.25) is 4.77 Å². The molecule has 0 aliphatic heterocycles. The monoisotopic (exact) mass is 418 g/mol. The van der Waals surface area contributed by atoms with Crippen LogP contribution in [-0.4, -0.2) is 28.2 Å². The number of nitrogens with one attached hydrogen (secondary N) is 1. The molecule has 1 aromatic heterocycles. The second-order valence-corrected chi connectivity index (χ2v) is 6.30. The first-order chi connectivity index (χ1) is 12.2. The van der Waals surface area contributed by atoms with E-state index in [4.69, 9.17) is 21.7 Å². The zero-order chi connectivity index (χ0) is 17.6. The van der Waals surface area contributed by atoms with Crippen LogP contribution in [0.15, 0.2) is 58.4 Å². The third-order valence-corrected chi connectivity index (χ3v) is 4.21. The number of hydrogen-bond acceptors (Lipinski definition) is 5. The molecular formula is C17H15BrN4O2S. The Kier molecular flexibility index (Phi) is 5.62. The van der Waals surface area contributed by atoms with Gasteiger partial charge in [-0.1, -0.05) is 30.3 Å². The Morgan fingerprint density at radius 3 is 2.80 bits per heavy atom. The van der Waals surface area contributed by atoms with Crippen molar-refractivity contribution in [3.05, 3.63) is 69.2 Å². The van der Waals surface area contributed by atoms with E-state index in [9.17, 15) is 0 Å². The zero-order valence-corrected chi connectivity index (χ0v) is 15.8. The number of halogens is 1. The van der Waals surface area contributed by atoms with Crippen molar-refractivity contribution < 1.29 is 9.47 Å². The van der Waals surface area contributed by atoms with Crippen molar-refractivity contribution in [3.8, 4) is 11.5 Å². The van der Waals surface area contributed by atoms with Gasteiger partial charge in [-0.2, -0.15) is 14.9 Å². The van der Waals surface area contributed by atoms with Crippen LogP contribution in [0, 0.1) is 4.77 Å². The van der Waals surface area contributed by atoms with Crippen LogP contribution in [0.4, 0.5) is 0 Å². The number of ether oxygens (including phenoxy) is 2. The summed E-state index contributed by atoms with van der Waals surface area (Å²) in [6.07, 6.45) is 3.17. The highest BCUT2D eigenvalue weighted by molar-refractivity contribution is 9.10. The van der Waals surface area contributed by atoms with Gasteiger partial charge in [0, 0.05) is 0 Å². The number of hydrogen-bond donors (Lipinski definition) is 1. The number of benzene rings is 2. The maximum atomic E-state index is 5.92. The highest BCUT2D eigenvalue weighted by Crippen LogP contribution is 2.36. The summed E-state index contributed by atoms with van der Waals surface area (Å²) in [5.74, 6) is 1.26. The molecule has 0 bridgehead atoms. The molecule has 0 radical (unpaired) electrons. The third-order valence-electron chi connectivity index (χ3n) is 3.34. The van der Waals surface area contributed by atoms with Crippen molar-refractivity contribution in [2.75, 3.05) is 7.11 Å². The zero-order valence-electron chi connectivity index (χ0n) is 13.3. The van der Waals surface area contributed by atoms with Crippen molar-refractivity contribution in [1.29, 1.82) is 0 Å². The standard InChI is InChI=1S/C17H15BrN4O2S/c1-23-15-8-13(9-20-22-11-19-21-17(22)25)7-14(18)16(15)24-10-12-5-3-2-4-6-12/h2-9,11H,10H2,1H3,(H,21,25). The lowest BCUT2D eigenvalue weighted by molar-refractivity contribution is 0.282. The van der Waals surface area contributed by atoms with Crippen LogP contribution in [-0.2, 0) is 6.61 Å². The predicted octanol–water partition coefficient (Wildman–Crippen LogP) is 4.17. The van der Waals surface area contributed by atoms with Gasteiger partial charge >= 0.3 is 0 Å². The average molecular weight is 419 g/mol. The summed E-state index contributed by atoms with van der Waals surface area (Å²) in [6, 6.07) is 13.7. The first-order valence-electron chi connectivity index (χ1n) is 7.38. The highest BCUT2D eigenvalue weighted by atomic mass is 79.9. The Balaban J connectivity index is 1.82. The van der Waals surface area contributed by atoms with Gasteiger partial charge in [0.1, 0.15) is 12.9 Å². The molecule has 128 valence electrons. The molecule has 3 aromatic rings. The van der Waals surface area contributed by atoms with E-state index in [2.05, 4.69) is 31.2 Å². The average Bonchev–Trinajstić information content (AvgIpc) is 3.04. The third kappa shape index (κ3) is 4.34. The Morgan fingerprint density at radius 1 is 1.32 bits per heavy atom. The number of H-pyrrole nitrogens is 1. The van der Waals surface area contributed by atoms with Crippen molar-refractivity contribution >= 4 is 34.4 Å². The molecule has 1 heterocycles. The first-order valence-corrected chi connectivity index (χ1v) is 8.58. The normalized spacial score (nSPS) is 11.0. The van der Waals surface area contributed by atoms with E-state index in [1.54, 1.807) is 13.3 Å². The van der Waals surface area contributed by atoms with Crippen molar-refractivity contribution in [2.45, 2.75) is 6.61 Å². The van der Waals surface area contributed by atoms with Crippen LogP contribution in [0.3, 0.4) is 0 Å². The lowest BCUT2D eigenvalue weighted by Gasteiger charge is -2.13. The molecule has 3 rings (SSSR count). The van der Waals surface area contributed by atoms with E-state index in [-0.39, 0.29) is 0 Å². The maximum absolute atomic E-state index is 5.92. The molecule has 0 fully saturated rings. The van der Waals surface area contributed by atoms with Crippen LogP contribution in [0.5, 0.6) is 11.5 Å². The lowest BCUT2D eigenvalue weighted by atomic mass is 10.2. The van der Waals surface area contributed by atoms with Gasteiger partial charge in [-0.05, 0) is 51.4 Å². The molecule has 0 aliphatic rings. The topological polar surface area (TPSA) is 64.4 Å². The molecule has 0 saturated heterocycles. The number of methoxy groups -OCH3 is 1. The Hall–Kier alpha value is -2.45. The van der Waals surface area contributed by atoms with Gasteiger partial charge < -0.3 is 9.47 Å².